The van der Waals surface area contributed by atoms with Crippen molar-refractivity contribution in [1.29, 1.82) is 0 Å². The lowest BCUT2D eigenvalue weighted by molar-refractivity contribution is -0.155. The second-order valence-corrected chi connectivity index (χ2v) is 10.9. The van der Waals surface area contributed by atoms with E-state index < -0.39 is 35.6 Å². The molecule has 17 heteroatoms. The number of fused-ring (bicyclic) bond motifs is 1. The van der Waals surface area contributed by atoms with Gasteiger partial charge >= 0.3 is 5.97 Å². The van der Waals surface area contributed by atoms with Gasteiger partial charge in [-0.1, -0.05) is 51.2 Å². The normalized spacial score (nSPS) is 20.1. The Kier molecular flexibility index (Phi) is 6.92. The first-order valence-corrected chi connectivity index (χ1v) is 12.6. The van der Waals surface area contributed by atoms with Gasteiger partial charge in [0, 0.05) is 11.4 Å². The molecule has 1 saturated heterocycles. The molecule has 0 aromatic carbocycles. The molecular formula is C17H17ClN8O5S3. The molecule has 1 fully saturated rings. The Morgan fingerprint density at radius 3 is 2.76 bits per heavy atom. The fourth-order valence-corrected chi connectivity index (χ4v) is 6.55. The van der Waals surface area contributed by atoms with Crippen molar-refractivity contribution in [3.63, 3.8) is 0 Å². The van der Waals surface area contributed by atoms with Crippen molar-refractivity contribution in [2.75, 3.05) is 17.6 Å². The van der Waals surface area contributed by atoms with Gasteiger partial charge in [0.25, 0.3) is 11.8 Å². The number of amides is 2. The number of aromatic nitrogens is 3. The zero-order valence-electron chi connectivity index (χ0n) is 17.3. The average molecular weight is 545 g/mol. The topological polar surface area (TPSA) is 196 Å². The Balaban J connectivity index is 1.51. The van der Waals surface area contributed by atoms with Gasteiger partial charge in [-0.3, -0.25) is 14.5 Å². The number of thiazole rings is 1. The van der Waals surface area contributed by atoms with Gasteiger partial charge in [-0.05, 0) is 19.8 Å². The Bertz CT molecular complexity index is 1230. The standard InChI is InChI=1S/C17H17ClN8O5S3/c1-2-20-16-23-24-17(34-16)32-6-4-3-5-7(13(28)26(5)10(6)14(29)30)21-12(27)9(25-31)8-11(18)33-15(19)22-8/h5,7,31H,2-4H2,1H3,(H2,19,22)(H,20,23)(H,21,27)(H,29,30)/b25-9-/t5?,7-/m0/s1. The van der Waals surface area contributed by atoms with Crippen LogP contribution in [-0.2, 0) is 14.4 Å². The van der Waals surface area contributed by atoms with Crippen LogP contribution in [0, 0.1) is 0 Å². The van der Waals surface area contributed by atoms with E-state index in [-0.39, 0.29) is 20.9 Å². The highest BCUT2D eigenvalue weighted by Gasteiger charge is 2.54. The maximum Gasteiger partial charge on any atom is 0.353 e. The number of hydrogen-bond acceptors (Lipinski definition) is 13. The number of carboxylic acid groups (broad SMARTS) is 1. The number of thioether (sulfide) groups is 1. The summed E-state index contributed by atoms with van der Waals surface area (Å²) >= 11 is 9.31. The van der Waals surface area contributed by atoms with Gasteiger partial charge in [0.15, 0.2) is 15.2 Å². The maximum absolute atomic E-state index is 12.9. The van der Waals surface area contributed by atoms with Crippen molar-refractivity contribution in [1.82, 2.24) is 25.4 Å². The molecule has 2 aliphatic heterocycles. The Morgan fingerprint density at radius 2 is 2.15 bits per heavy atom. The number of carbonyl (C=O) groups is 3. The number of nitrogens with zero attached hydrogens (tertiary/aromatic N) is 5. The minimum atomic E-state index is -1.26. The summed E-state index contributed by atoms with van der Waals surface area (Å²) < 4.78 is 0.593. The largest absolute Gasteiger partial charge is 0.477 e. The van der Waals surface area contributed by atoms with Crippen LogP contribution in [0.3, 0.4) is 0 Å². The molecule has 0 bridgehead atoms. The van der Waals surface area contributed by atoms with Gasteiger partial charge in [-0.25, -0.2) is 9.78 Å². The van der Waals surface area contributed by atoms with E-state index >= 15 is 0 Å². The maximum atomic E-state index is 12.9. The molecule has 6 N–H and O–H groups in total. The van der Waals surface area contributed by atoms with E-state index in [2.05, 4.69) is 31.0 Å². The highest BCUT2D eigenvalue weighted by atomic mass is 35.5. The highest BCUT2D eigenvalue weighted by Crippen LogP contribution is 2.44. The highest BCUT2D eigenvalue weighted by molar-refractivity contribution is 8.04. The van der Waals surface area contributed by atoms with E-state index in [0.29, 0.717) is 33.8 Å². The predicted octanol–water partition coefficient (Wildman–Crippen LogP) is 1.42. The summed E-state index contributed by atoms with van der Waals surface area (Å²) in [5.74, 6) is -2.75. The number of nitrogen functional groups attached to an aromatic ring is 1. The van der Waals surface area contributed by atoms with Crippen LogP contribution in [0.4, 0.5) is 10.3 Å². The van der Waals surface area contributed by atoms with E-state index in [0.717, 1.165) is 28.0 Å². The fourth-order valence-electron chi connectivity index (χ4n) is 3.58. The molecule has 0 spiro atoms. The minimum absolute atomic E-state index is 0.0476. The van der Waals surface area contributed by atoms with E-state index in [9.17, 15) is 24.7 Å². The third-order valence-corrected chi connectivity index (χ3v) is 8.13. The first-order valence-electron chi connectivity index (χ1n) is 9.74. The van der Waals surface area contributed by atoms with Crippen LogP contribution in [0.1, 0.15) is 25.5 Å². The third kappa shape index (κ3) is 4.40. The van der Waals surface area contributed by atoms with Crippen LogP contribution in [0.2, 0.25) is 4.34 Å². The van der Waals surface area contributed by atoms with Crippen LogP contribution in [0.15, 0.2) is 20.1 Å². The second-order valence-electron chi connectivity index (χ2n) is 6.97. The number of carboxylic acids is 1. The molecule has 0 aliphatic carbocycles. The molecule has 2 aromatic heterocycles. The molecule has 34 heavy (non-hydrogen) atoms. The number of allylic oxidation sites excluding steroid dienone is 1. The molecule has 2 atom stereocenters. The number of hydrogen-bond donors (Lipinski definition) is 5. The lowest BCUT2D eigenvalue weighted by atomic mass is 9.86. The summed E-state index contributed by atoms with van der Waals surface area (Å²) in [6.45, 7) is 2.59. The third-order valence-electron chi connectivity index (χ3n) is 4.97. The molecule has 0 saturated carbocycles. The molecule has 2 aromatic rings. The van der Waals surface area contributed by atoms with Gasteiger partial charge in [-0.15, -0.1) is 10.2 Å². The second kappa shape index (κ2) is 9.73. The molecule has 4 heterocycles. The Hall–Kier alpha value is -2.95. The lowest BCUT2D eigenvalue weighted by Gasteiger charge is -2.49. The zero-order valence-corrected chi connectivity index (χ0v) is 20.5. The van der Waals surface area contributed by atoms with Crippen LogP contribution in [-0.4, -0.2) is 72.5 Å². The summed E-state index contributed by atoms with van der Waals surface area (Å²) in [5.41, 5.74) is 4.80. The fraction of sp³-hybridized carbons (Fsp3) is 0.353. The summed E-state index contributed by atoms with van der Waals surface area (Å²) in [7, 11) is 0. The summed E-state index contributed by atoms with van der Waals surface area (Å²) in [4.78, 5) is 43.1. The minimum Gasteiger partial charge on any atom is -0.477 e. The summed E-state index contributed by atoms with van der Waals surface area (Å²) in [5, 5.41) is 36.3. The molecule has 2 aliphatic rings. The number of nitrogens with one attached hydrogen (secondary N) is 2. The number of aliphatic carboxylic acids is 1. The Morgan fingerprint density at radius 1 is 1.38 bits per heavy atom. The van der Waals surface area contributed by atoms with Crippen molar-refractivity contribution in [2.45, 2.75) is 36.2 Å². The number of β-lactam (4-membered cyclic amide) rings is 1. The molecule has 0 radical (unpaired) electrons. The van der Waals surface area contributed by atoms with Gasteiger partial charge < -0.3 is 26.7 Å². The van der Waals surface area contributed by atoms with E-state index in [1.165, 1.54) is 11.3 Å². The smallest absolute Gasteiger partial charge is 0.353 e. The van der Waals surface area contributed by atoms with Crippen LogP contribution < -0.4 is 16.4 Å². The lowest BCUT2D eigenvalue weighted by Crippen LogP contribution is -2.72. The quantitative estimate of drug-likeness (QED) is 0.139. The molecular weight excluding hydrogens is 528 g/mol. The number of oxime groups is 1. The molecule has 2 amide bonds. The number of rotatable bonds is 8. The van der Waals surface area contributed by atoms with Crippen molar-refractivity contribution >= 4 is 79.8 Å². The van der Waals surface area contributed by atoms with E-state index in [1.807, 2.05) is 6.92 Å². The van der Waals surface area contributed by atoms with Crippen molar-refractivity contribution in [2.24, 2.45) is 5.16 Å². The Labute approximate surface area is 209 Å². The zero-order chi connectivity index (χ0) is 24.6. The monoisotopic (exact) mass is 544 g/mol. The van der Waals surface area contributed by atoms with E-state index in [4.69, 9.17) is 17.3 Å². The summed E-state index contributed by atoms with van der Waals surface area (Å²) in [6.07, 6.45) is 0.767. The SMILES string of the molecule is CCNc1nnc(SC2=C(C(=O)O)N3C(=O)[C@@H](NC(=O)/C(=N\O)c4nc(N)sc4Cl)C3CC2)s1. The number of carbonyl (C=O) groups excluding carboxylic acids is 2. The number of anilines is 2. The number of halogens is 1. The first-order chi connectivity index (χ1) is 16.2. The van der Waals surface area contributed by atoms with Crippen LogP contribution >= 0.6 is 46.0 Å². The van der Waals surface area contributed by atoms with Gasteiger partial charge in [-0.2, -0.15) is 0 Å². The molecule has 180 valence electrons. The average Bonchev–Trinajstić information content (AvgIpc) is 3.37. The number of nitrogens with two attached hydrogens (primary N) is 1. The predicted molar refractivity (Wildman–Crippen MR) is 126 cm³/mol. The molecule has 13 nitrogen and oxygen atoms in total. The first kappa shape index (κ1) is 24.2. The van der Waals surface area contributed by atoms with Crippen molar-refractivity contribution in [3.8, 4) is 0 Å². The van der Waals surface area contributed by atoms with Crippen LogP contribution in [0.5, 0.6) is 0 Å². The van der Waals surface area contributed by atoms with Gasteiger partial charge in [0.05, 0.1) is 6.04 Å². The molecule has 1 unspecified atom stereocenters. The van der Waals surface area contributed by atoms with Crippen LogP contribution in [0.25, 0.3) is 0 Å². The summed E-state index contributed by atoms with van der Waals surface area (Å²) in [6, 6.07) is -1.57. The van der Waals surface area contributed by atoms with Gasteiger partial charge in [0.1, 0.15) is 21.8 Å². The van der Waals surface area contributed by atoms with E-state index in [1.54, 1.807) is 0 Å². The van der Waals surface area contributed by atoms with Crippen molar-refractivity contribution < 1.29 is 24.7 Å². The molecule has 4 rings (SSSR count). The van der Waals surface area contributed by atoms with Crippen molar-refractivity contribution in [3.05, 3.63) is 20.6 Å². The van der Waals surface area contributed by atoms with Gasteiger partial charge in [0.2, 0.25) is 5.13 Å².